The predicted octanol–water partition coefficient (Wildman–Crippen LogP) is 1.77. The second-order valence-electron chi connectivity index (χ2n) is 6.44. The average molecular weight is 372 g/mol. The maximum atomic E-state index is 12.5. The highest BCUT2D eigenvalue weighted by atomic mass is 35.5. The minimum Gasteiger partial charge on any atom is -0.342 e. The first-order chi connectivity index (χ1) is 11.2. The lowest BCUT2D eigenvalue weighted by molar-refractivity contribution is -0.143. The maximum Gasteiger partial charge on any atom is 0.227 e. The first-order valence-electron chi connectivity index (χ1n) is 8.43. The molecule has 0 bridgehead atoms. The van der Waals surface area contributed by atoms with Crippen LogP contribution in [0.1, 0.15) is 24.1 Å². The number of amides is 2. The molecule has 1 aromatic heterocycles. The summed E-state index contributed by atoms with van der Waals surface area (Å²) < 4.78 is 0. The van der Waals surface area contributed by atoms with Gasteiger partial charge < -0.3 is 15.1 Å². The van der Waals surface area contributed by atoms with E-state index in [4.69, 9.17) is 0 Å². The van der Waals surface area contributed by atoms with Crippen molar-refractivity contribution in [1.82, 2.24) is 15.1 Å². The number of carbonyl (C=O) groups excluding carboxylic acids is 2. The van der Waals surface area contributed by atoms with Gasteiger partial charge in [-0.2, -0.15) is 0 Å². The lowest BCUT2D eigenvalue weighted by Crippen LogP contribution is -2.57. The summed E-state index contributed by atoms with van der Waals surface area (Å²) in [5, 5.41) is 5.14. The van der Waals surface area contributed by atoms with Crippen LogP contribution in [0.25, 0.3) is 0 Å². The van der Waals surface area contributed by atoms with Gasteiger partial charge in [-0.3, -0.25) is 9.59 Å². The van der Waals surface area contributed by atoms with Gasteiger partial charge in [-0.25, -0.2) is 0 Å². The SMILES string of the molecule is CNCCN1C(=O)CC[C@H]2CN(C(=O)Cc3cccs3)CC[C@H]21.Cl. The Labute approximate surface area is 153 Å². The number of hydrogen-bond acceptors (Lipinski definition) is 4. The predicted molar refractivity (Wildman–Crippen MR) is 98.6 cm³/mol. The third kappa shape index (κ3) is 4.29. The Hall–Kier alpha value is -1.11. The zero-order valence-electron chi connectivity index (χ0n) is 14.1. The number of thiophene rings is 1. The number of hydrogen-bond donors (Lipinski definition) is 1. The van der Waals surface area contributed by atoms with E-state index in [1.807, 2.05) is 34.4 Å². The van der Waals surface area contributed by atoms with E-state index in [0.29, 0.717) is 24.8 Å². The molecule has 2 amide bonds. The number of nitrogens with zero attached hydrogens (tertiary/aromatic N) is 2. The van der Waals surface area contributed by atoms with Crippen molar-refractivity contribution in [3.05, 3.63) is 22.4 Å². The van der Waals surface area contributed by atoms with Gasteiger partial charge >= 0.3 is 0 Å². The fourth-order valence-electron chi connectivity index (χ4n) is 3.77. The van der Waals surface area contributed by atoms with Crippen molar-refractivity contribution in [3.63, 3.8) is 0 Å². The van der Waals surface area contributed by atoms with E-state index in [9.17, 15) is 9.59 Å². The van der Waals surface area contributed by atoms with Gasteiger partial charge in [0.15, 0.2) is 0 Å². The third-order valence-corrected chi connectivity index (χ3v) is 5.88. The minimum absolute atomic E-state index is 0. The van der Waals surface area contributed by atoms with Crippen LogP contribution in [-0.4, -0.2) is 60.9 Å². The molecule has 0 aromatic carbocycles. The molecule has 0 spiro atoms. The summed E-state index contributed by atoms with van der Waals surface area (Å²) in [6.07, 6.45) is 2.97. The van der Waals surface area contributed by atoms with Crippen molar-refractivity contribution in [2.75, 3.05) is 33.2 Å². The molecule has 5 nitrogen and oxygen atoms in total. The van der Waals surface area contributed by atoms with Gasteiger partial charge in [0, 0.05) is 43.5 Å². The molecule has 0 radical (unpaired) electrons. The van der Waals surface area contributed by atoms with Crippen molar-refractivity contribution in [1.29, 1.82) is 0 Å². The molecular weight excluding hydrogens is 346 g/mol. The van der Waals surface area contributed by atoms with E-state index >= 15 is 0 Å². The molecule has 2 saturated heterocycles. The number of nitrogens with one attached hydrogen (secondary N) is 1. The van der Waals surface area contributed by atoms with Crippen LogP contribution in [0.15, 0.2) is 17.5 Å². The Morgan fingerprint density at radius 1 is 1.42 bits per heavy atom. The molecule has 3 heterocycles. The number of rotatable bonds is 5. The Bertz CT molecular complexity index is 552. The molecule has 1 N–H and O–H groups in total. The van der Waals surface area contributed by atoms with Gasteiger partial charge in [0.05, 0.1) is 6.42 Å². The van der Waals surface area contributed by atoms with Crippen molar-refractivity contribution in [3.8, 4) is 0 Å². The maximum absolute atomic E-state index is 12.5. The van der Waals surface area contributed by atoms with Crippen molar-refractivity contribution in [2.24, 2.45) is 5.92 Å². The number of likely N-dealkylation sites (N-methyl/N-ethyl adjacent to an activating group) is 1. The largest absolute Gasteiger partial charge is 0.342 e. The lowest BCUT2D eigenvalue weighted by Gasteiger charge is -2.47. The van der Waals surface area contributed by atoms with Crippen LogP contribution in [-0.2, 0) is 16.0 Å². The molecule has 0 saturated carbocycles. The number of carbonyl (C=O) groups is 2. The summed E-state index contributed by atoms with van der Waals surface area (Å²) >= 11 is 1.64. The van der Waals surface area contributed by atoms with Crippen molar-refractivity contribution >= 4 is 35.6 Å². The smallest absolute Gasteiger partial charge is 0.227 e. The van der Waals surface area contributed by atoms with Gasteiger partial charge in [-0.05, 0) is 37.3 Å². The highest BCUT2D eigenvalue weighted by Gasteiger charge is 2.39. The molecule has 2 aliphatic heterocycles. The number of piperidine rings is 2. The molecule has 134 valence electrons. The Kier molecular flexibility index (Phi) is 7.07. The highest BCUT2D eigenvalue weighted by molar-refractivity contribution is 7.10. The molecule has 24 heavy (non-hydrogen) atoms. The topological polar surface area (TPSA) is 52.7 Å². The standard InChI is InChI=1S/C17H25N3O2S.ClH/c1-18-7-9-20-15-6-8-19(12-13(15)4-5-16(20)21)17(22)11-14-3-2-10-23-14;/h2-3,10,13,15,18H,4-9,11-12H2,1H3;1H/t13-,15+;/m0./s1. The summed E-state index contributed by atoms with van der Waals surface area (Å²) in [4.78, 5) is 29.9. The molecule has 2 aliphatic rings. The van der Waals surface area contributed by atoms with E-state index in [1.165, 1.54) is 0 Å². The monoisotopic (exact) mass is 371 g/mol. The van der Waals surface area contributed by atoms with E-state index in [0.717, 1.165) is 43.9 Å². The van der Waals surface area contributed by atoms with Crippen LogP contribution < -0.4 is 5.32 Å². The van der Waals surface area contributed by atoms with Gasteiger partial charge in [0.25, 0.3) is 0 Å². The molecule has 0 aliphatic carbocycles. The first kappa shape index (κ1) is 19.2. The summed E-state index contributed by atoms with van der Waals surface area (Å²) in [6, 6.07) is 4.33. The second-order valence-corrected chi connectivity index (χ2v) is 7.47. The summed E-state index contributed by atoms with van der Waals surface area (Å²) in [5.74, 6) is 0.940. The minimum atomic E-state index is 0. The summed E-state index contributed by atoms with van der Waals surface area (Å²) in [7, 11) is 1.91. The van der Waals surface area contributed by atoms with Gasteiger partial charge in [0.1, 0.15) is 0 Å². The number of likely N-dealkylation sites (tertiary alicyclic amines) is 2. The van der Waals surface area contributed by atoms with Gasteiger partial charge in [-0.15, -0.1) is 23.7 Å². The second kappa shape index (κ2) is 8.83. The third-order valence-electron chi connectivity index (χ3n) is 5.00. The molecule has 2 fully saturated rings. The normalized spacial score (nSPS) is 23.6. The van der Waals surface area contributed by atoms with Crippen LogP contribution in [0.2, 0.25) is 0 Å². The Morgan fingerprint density at radius 3 is 2.96 bits per heavy atom. The van der Waals surface area contributed by atoms with E-state index < -0.39 is 0 Å². The summed E-state index contributed by atoms with van der Waals surface area (Å²) in [5.41, 5.74) is 0. The van der Waals surface area contributed by atoms with Crippen LogP contribution >= 0.6 is 23.7 Å². The van der Waals surface area contributed by atoms with Crippen LogP contribution in [0.5, 0.6) is 0 Å². The van der Waals surface area contributed by atoms with E-state index in [-0.39, 0.29) is 24.2 Å². The Balaban J connectivity index is 0.00000208. The van der Waals surface area contributed by atoms with Gasteiger partial charge in [0.2, 0.25) is 11.8 Å². The zero-order valence-corrected chi connectivity index (χ0v) is 15.7. The molecular formula is C17H26ClN3O2S. The quantitative estimate of drug-likeness (QED) is 0.858. The molecule has 0 unspecified atom stereocenters. The van der Waals surface area contributed by atoms with E-state index in [1.54, 1.807) is 11.3 Å². The molecule has 3 rings (SSSR count). The number of fused-ring (bicyclic) bond motifs is 1. The van der Waals surface area contributed by atoms with Crippen molar-refractivity contribution in [2.45, 2.75) is 31.7 Å². The highest BCUT2D eigenvalue weighted by Crippen LogP contribution is 2.31. The number of halogens is 1. The Morgan fingerprint density at radius 2 is 2.25 bits per heavy atom. The fourth-order valence-corrected chi connectivity index (χ4v) is 4.47. The van der Waals surface area contributed by atoms with Crippen LogP contribution in [0, 0.1) is 5.92 Å². The fraction of sp³-hybridized carbons (Fsp3) is 0.647. The van der Waals surface area contributed by atoms with Gasteiger partial charge in [-0.1, -0.05) is 6.07 Å². The first-order valence-corrected chi connectivity index (χ1v) is 9.31. The van der Waals surface area contributed by atoms with Crippen molar-refractivity contribution < 1.29 is 9.59 Å². The summed E-state index contributed by atoms with van der Waals surface area (Å²) in [6.45, 7) is 3.18. The zero-order chi connectivity index (χ0) is 16.2. The average Bonchev–Trinajstić information content (AvgIpc) is 3.06. The molecule has 2 atom stereocenters. The van der Waals surface area contributed by atoms with Crippen LogP contribution in [0.3, 0.4) is 0 Å². The molecule has 7 heteroatoms. The van der Waals surface area contributed by atoms with E-state index in [2.05, 4.69) is 5.32 Å². The van der Waals surface area contributed by atoms with Crippen LogP contribution in [0.4, 0.5) is 0 Å². The lowest BCUT2D eigenvalue weighted by atomic mass is 9.83. The molecule has 1 aromatic rings.